The number of amides is 1. The average Bonchev–Trinajstić information content (AvgIpc) is 2.65. The second-order valence-electron chi connectivity index (χ2n) is 4.05. The SMILES string of the molecule is Cc1cc(CC(=O)N2CCCCC2)no1. The maximum Gasteiger partial charge on any atom is 0.228 e. The molecule has 2 rings (SSSR count). The van der Waals surface area contributed by atoms with E-state index in [0.29, 0.717) is 6.42 Å². The van der Waals surface area contributed by atoms with Crippen molar-refractivity contribution in [3.63, 3.8) is 0 Å². The van der Waals surface area contributed by atoms with Crippen molar-refractivity contribution in [2.24, 2.45) is 0 Å². The number of nitrogens with zero attached hydrogens (tertiary/aromatic N) is 2. The molecule has 1 aromatic rings. The Kier molecular flexibility index (Phi) is 3.04. The number of rotatable bonds is 2. The van der Waals surface area contributed by atoms with Crippen LogP contribution >= 0.6 is 0 Å². The molecule has 0 unspecified atom stereocenters. The first-order chi connectivity index (χ1) is 7.25. The first-order valence-corrected chi connectivity index (χ1v) is 5.45. The average molecular weight is 208 g/mol. The van der Waals surface area contributed by atoms with E-state index in [-0.39, 0.29) is 5.91 Å². The maximum absolute atomic E-state index is 11.8. The quantitative estimate of drug-likeness (QED) is 0.740. The van der Waals surface area contributed by atoms with Crippen LogP contribution in [0.1, 0.15) is 30.7 Å². The van der Waals surface area contributed by atoms with Gasteiger partial charge in [0, 0.05) is 19.2 Å². The maximum atomic E-state index is 11.8. The molecule has 1 aromatic heterocycles. The summed E-state index contributed by atoms with van der Waals surface area (Å²) in [7, 11) is 0. The van der Waals surface area contributed by atoms with Crippen molar-refractivity contribution in [3.8, 4) is 0 Å². The van der Waals surface area contributed by atoms with Crippen LogP contribution in [0.15, 0.2) is 10.6 Å². The Balaban J connectivity index is 1.91. The molecule has 1 saturated heterocycles. The predicted octanol–water partition coefficient (Wildman–Crippen LogP) is 1.54. The molecule has 1 aliphatic heterocycles. The van der Waals surface area contributed by atoms with Crippen molar-refractivity contribution in [2.45, 2.75) is 32.6 Å². The molecule has 0 aromatic carbocycles. The van der Waals surface area contributed by atoms with E-state index in [1.807, 2.05) is 17.9 Å². The number of aryl methyl sites for hydroxylation is 1. The Bertz CT molecular complexity index is 340. The lowest BCUT2D eigenvalue weighted by atomic mass is 10.1. The topological polar surface area (TPSA) is 46.3 Å². The summed E-state index contributed by atoms with van der Waals surface area (Å²) in [5.74, 6) is 0.930. The summed E-state index contributed by atoms with van der Waals surface area (Å²) in [4.78, 5) is 13.7. The van der Waals surface area contributed by atoms with Crippen molar-refractivity contribution in [3.05, 3.63) is 17.5 Å². The van der Waals surface area contributed by atoms with E-state index in [1.165, 1.54) is 6.42 Å². The molecule has 15 heavy (non-hydrogen) atoms. The highest BCUT2D eigenvalue weighted by Gasteiger charge is 2.17. The summed E-state index contributed by atoms with van der Waals surface area (Å²) >= 11 is 0. The van der Waals surface area contributed by atoms with E-state index in [1.54, 1.807) is 0 Å². The zero-order valence-corrected chi connectivity index (χ0v) is 9.03. The molecule has 0 saturated carbocycles. The number of aromatic nitrogens is 1. The summed E-state index contributed by atoms with van der Waals surface area (Å²) in [5, 5.41) is 3.83. The first kappa shape index (κ1) is 10.2. The third-order valence-electron chi connectivity index (χ3n) is 2.72. The van der Waals surface area contributed by atoms with Crippen molar-refractivity contribution in [1.82, 2.24) is 10.1 Å². The van der Waals surface area contributed by atoms with E-state index >= 15 is 0 Å². The molecule has 4 heteroatoms. The zero-order valence-electron chi connectivity index (χ0n) is 9.03. The van der Waals surface area contributed by atoms with Gasteiger partial charge in [-0.2, -0.15) is 0 Å². The van der Waals surface area contributed by atoms with Gasteiger partial charge in [-0.15, -0.1) is 0 Å². The van der Waals surface area contributed by atoms with Gasteiger partial charge >= 0.3 is 0 Å². The van der Waals surface area contributed by atoms with Crippen LogP contribution in [0.3, 0.4) is 0 Å². The monoisotopic (exact) mass is 208 g/mol. The van der Waals surface area contributed by atoms with Gasteiger partial charge in [0.15, 0.2) is 0 Å². The predicted molar refractivity (Wildman–Crippen MR) is 55.4 cm³/mol. The van der Waals surface area contributed by atoms with Crippen LogP contribution in [0.5, 0.6) is 0 Å². The summed E-state index contributed by atoms with van der Waals surface area (Å²) in [5.41, 5.74) is 0.739. The third-order valence-corrected chi connectivity index (χ3v) is 2.72. The van der Waals surface area contributed by atoms with E-state index in [2.05, 4.69) is 5.16 Å². The Labute approximate surface area is 89.2 Å². The lowest BCUT2D eigenvalue weighted by Crippen LogP contribution is -2.36. The van der Waals surface area contributed by atoms with Crippen LogP contribution in [0.4, 0.5) is 0 Å². The molecule has 0 atom stereocenters. The second-order valence-corrected chi connectivity index (χ2v) is 4.05. The van der Waals surface area contributed by atoms with Gasteiger partial charge in [0.2, 0.25) is 5.91 Å². The van der Waals surface area contributed by atoms with Crippen LogP contribution in [-0.4, -0.2) is 29.1 Å². The lowest BCUT2D eigenvalue weighted by Gasteiger charge is -2.26. The van der Waals surface area contributed by atoms with Crippen LogP contribution in [0.2, 0.25) is 0 Å². The van der Waals surface area contributed by atoms with E-state index < -0.39 is 0 Å². The van der Waals surface area contributed by atoms with Gasteiger partial charge in [-0.25, -0.2) is 0 Å². The zero-order chi connectivity index (χ0) is 10.7. The van der Waals surface area contributed by atoms with Gasteiger partial charge in [-0.3, -0.25) is 4.79 Å². The molecule has 0 spiro atoms. The molecule has 0 radical (unpaired) electrons. The fourth-order valence-electron chi connectivity index (χ4n) is 1.91. The fraction of sp³-hybridized carbons (Fsp3) is 0.636. The summed E-state index contributed by atoms with van der Waals surface area (Å²) in [6.45, 7) is 3.63. The molecule has 82 valence electrons. The molecular weight excluding hydrogens is 192 g/mol. The van der Waals surface area contributed by atoms with E-state index in [0.717, 1.165) is 37.4 Å². The Morgan fingerprint density at radius 3 is 2.80 bits per heavy atom. The molecule has 0 aliphatic carbocycles. The Morgan fingerprint density at radius 2 is 2.20 bits per heavy atom. The number of hydrogen-bond donors (Lipinski definition) is 0. The largest absolute Gasteiger partial charge is 0.361 e. The lowest BCUT2D eigenvalue weighted by molar-refractivity contribution is -0.131. The van der Waals surface area contributed by atoms with Gasteiger partial charge in [-0.05, 0) is 26.2 Å². The van der Waals surface area contributed by atoms with Gasteiger partial charge in [-0.1, -0.05) is 5.16 Å². The summed E-state index contributed by atoms with van der Waals surface area (Å²) in [6.07, 6.45) is 3.87. The fourth-order valence-corrected chi connectivity index (χ4v) is 1.91. The molecule has 1 fully saturated rings. The highest BCUT2D eigenvalue weighted by atomic mass is 16.5. The second kappa shape index (κ2) is 4.47. The van der Waals surface area contributed by atoms with Crippen molar-refractivity contribution < 1.29 is 9.32 Å². The number of likely N-dealkylation sites (tertiary alicyclic amines) is 1. The van der Waals surface area contributed by atoms with E-state index in [9.17, 15) is 4.79 Å². The van der Waals surface area contributed by atoms with Gasteiger partial charge < -0.3 is 9.42 Å². The van der Waals surface area contributed by atoms with Crippen molar-refractivity contribution >= 4 is 5.91 Å². The van der Waals surface area contributed by atoms with Crippen molar-refractivity contribution in [2.75, 3.05) is 13.1 Å². The first-order valence-electron chi connectivity index (χ1n) is 5.45. The van der Waals surface area contributed by atoms with Gasteiger partial charge in [0.05, 0.1) is 12.1 Å². The smallest absolute Gasteiger partial charge is 0.228 e. The molecule has 1 amide bonds. The van der Waals surface area contributed by atoms with Crippen LogP contribution in [0.25, 0.3) is 0 Å². The van der Waals surface area contributed by atoms with Gasteiger partial charge in [0.1, 0.15) is 5.76 Å². The minimum atomic E-state index is 0.169. The number of hydrogen-bond acceptors (Lipinski definition) is 3. The molecule has 1 aliphatic rings. The number of piperidine rings is 1. The number of carbonyl (C=O) groups is 1. The minimum Gasteiger partial charge on any atom is -0.361 e. The Hall–Kier alpha value is -1.32. The summed E-state index contributed by atoms with van der Waals surface area (Å²) < 4.78 is 4.93. The molecule has 2 heterocycles. The molecule has 0 N–H and O–H groups in total. The highest BCUT2D eigenvalue weighted by Crippen LogP contribution is 2.11. The van der Waals surface area contributed by atoms with Gasteiger partial charge in [0.25, 0.3) is 0 Å². The standard InChI is InChI=1S/C11H16N2O2/c1-9-7-10(12-15-9)8-11(14)13-5-3-2-4-6-13/h7H,2-6,8H2,1H3. The normalized spacial score (nSPS) is 16.7. The highest BCUT2D eigenvalue weighted by molar-refractivity contribution is 5.78. The van der Waals surface area contributed by atoms with E-state index in [4.69, 9.17) is 4.52 Å². The Morgan fingerprint density at radius 1 is 1.47 bits per heavy atom. The van der Waals surface area contributed by atoms with Crippen LogP contribution in [0, 0.1) is 6.92 Å². The third kappa shape index (κ3) is 2.58. The summed E-state index contributed by atoms with van der Waals surface area (Å²) in [6, 6.07) is 1.82. The van der Waals surface area contributed by atoms with Crippen molar-refractivity contribution in [1.29, 1.82) is 0 Å². The number of carbonyl (C=O) groups excluding carboxylic acids is 1. The molecule has 4 nitrogen and oxygen atoms in total. The minimum absolute atomic E-state index is 0.169. The van der Waals surface area contributed by atoms with Crippen LogP contribution < -0.4 is 0 Å². The van der Waals surface area contributed by atoms with Crippen LogP contribution in [-0.2, 0) is 11.2 Å². The molecule has 0 bridgehead atoms. The molecular formula is C11H16N2O2.